The van der Waals surface area contributed by atoms with Gasteiger partial charge in [0.1, 0.15) is 17.4 Å². The Morgan fingerprint density at radius 2 is 1.80 bits per heavy atom. The molecule has 3 N–H and O–H groups in total. The zero-order valence-corrected chi connectivity index (χ0v) is 25.5. The average Bonchev–Trinajstić information content (AvgIpc) is 3.70. The summed E-state index contributed by atoms with van der Waals surface area (Å²) in [4.78, 5) is 20.1. The molecule has 1 amide bonds. The normalized spacial score (nSPS) is 18.2. The maximum Gasteiger partial charge on any atom is 0.206 e. The number of rotatable bonds is 2. The molecule has 0 saturated carbocycles. The van der Waals surface area contributed by atoms with Gasteiger partial charge in [0.2, 0.25) is 6.41 Å². The summed E-state index contributed by atoms with van der Waals surface area (Å²) in [5.74, 6) is -0.0655. The van der Waals surface area contributed by atoms with E-state index in [1.165, 1.54) is 18.2 Å². The molecule has 0 aliphatic carbocycles. The molecule has 4 bridgehead atoms. The number of nitrogens with zero attached hydrogens (tertiary/aromatic N) is 1. The van der Waals surface area contributed by atoms with E-state index in [0.29, 0.717) is 43.1 Å². The second-order valence-corrected chi connectivity index (χ2v) is 12.1. The summed E-state index contributed by atoms with van der Waals surface area (Å²) in [5.41, 5.74) is 3.05. The molecule has 2 aromatic heterocycles. The molecule has 0 saturated heterocycles. The number of carbonyl (C=O) groups excluding carboxylic acids is 1. The Morgan fingerprint density at radius 1 is 1.02 bits per heavy atom. The summed E-state index contributed by atoms with van der Waals surface area (Å²) in [6.45, 7) is 7.49. The molecule has 9 heteroatoms. The molecule has 230 valence electrons. The fourth-order valence-corrected chi connectivity index (χ4v) is 5.76. The van der Waals surface area contributed by atoms with Crippen molar-refractivity contribution in [2.24, 2.45) is 5.41 Å². The smallest absolute Gasteiger partial charge is 0.206 e. The van der Waals surface area contributed by atoms with Gasteiger partial charge in [0, 0.05) is 59.7 Å². The van der Waals surface area contributed by atoms with Gasteiger partial charge in [-0.05, 0) is 61.4 Å². The molecule has 1 unspecified atom stereocenters. The minimum atomic E-state index is -0.482. The van der Waals surface area contributed by atoms with Crippen LogP contribution >= 0.6 is 0 Å². The molecule has 1 atom stereocenters. The molecule has 0 spiro atoms. The third-order valence-electron chi connectivity index (χ3n) is 8.09. The third-order valence-corrected chi connectivity index (χ3v) is 8.09. The van der Waals surface area contributed by atoms with Crippen LogP contribution in [0.3, 0.4) is 0 Å². The number of aromatic amines is 2. The SMILES string of the molecule is CC1(C)COCCCC(C)(c2ccccc2)c2cnc([nH]2)-c2cc(ccc2F)Oc2c(F)cc3[nH]ccc3c2C1.CNC=O. The number of aromatic nitrogens is 3. The minimum Gasteiger partial charge on any atom is -0.454 e. The molecule has 7 nitrogen and oxygen atoms in total. The summed E-state index contributed by atoms with van der Waals surface area (Å²) in [7, 11) is 1.56. The van der Waals surface area contributed by atoms with Gasteiger partial charge in [0.05, 0.1) is 12.2 Å². The molecule has 3 aromatic carbocycles. The van der Waals surface area contributed by atoms with Gasteiger partial charge in [0.15, 0.2) is 11.6 Å². The van der Waals surface area contributed by atoms with Crippen LogP contribution in [0.2, 0.25) is 0 Å². The Labute approximate surface area is 256 Å². The van der Waals surface area contributed by atoms with Crippen LogP contribution in [-0.4, -0.2) is 41.6 Å². The van der Waals surface area contributed by atoms with Gasteiger partial charge in [-0.15, -0.1) is 0 Å². The van der Waals surface area contributed by atoms with E-state index in [1.807, 2.05) is 24.3 Å². The van der Waals surface area contributed by atoms with E-state index in [1.54, 1.807) is 25.5 Å². The highest BCUT2D eigenvalue weighted by Gasteiger charge is 2.32. The number of nitrogens with one attached hydrogen (secondary N) is 3. The predicted molar refractivity (Wildman–Crippen MR) is 168 cm³/mol. The average molecular weight is 601 g/mol. The largest absolute Gasteiger partial charge is 0.454 e. The van der Waals surface area contributed by atoms with Crippen LogP contribution in [-0.2, 0) is 21.4 Å². The highest BCUT2D eigenvalue weighted by atomic mass is 19.1. The fraction of sp³-hybridized carbons (Fsp3) is 0.314. The number of H-pyrrole nitrogens is 2. The van der Waals surface area contributed by atoms with Gasteiger partial charge in [-0.1, -0.05) is 44.2 Å². The summed E-state index contributed by atoms with van der Waals surface area (Å²) < 4.78 is 43.1. The number of halogens is 2. The van der Waals surface area contributed by atoms with Crippen molar-refractivity contribution < 1.29 is 23.0 Å². The summed E-state index contributed by atoms with van der Waals surface area (Å²) in [6.07, 6.45) is 6.36. The van der Waals surface area contributed by atoms with E-state index in [2.05, 4.69) is 53.2 Å². The van der Waals surface area contributed by atoms with Crippen molar-refractivity contribution in [2.45, 2.75) is 45.4 Å². The Morgan fingerprint density at radius 3 is 2.55 bits per heavy atom. The number of hydrogen-bond acceptors (Lipinski definition) is 4. The highest BCUT2D eigenvalue weighted by Crippen LogP contribution is 2.41. The van der Waals surface area contributed by atoms with Gasteiger partial charge in [-0.3, -0.25) is 4.79 Å². The maximum absolute atomic E-state index is 15.5. The van der Waals surface area contributed by atoms with Gasteiger partial charge in [0.25, 0.3) is 0 Å². The summed E-state index contributed by atoms with van der Waals surface area (Å²) >= 11 is 0. The number of carbonyl (C=O) groups is 1. The Bertz CT molecular complexity index is 1730. The first-order valence-electron chi connectivity index (χ1n) is 14.7. The molecule has 0 fully saturated rings. The van der Waals surface area contributed by atoms with E-state index in [0.717, 1.165) is 35.0 Å². The van der Waals surface area contributed by atoms with Crippen LogP contribution in [0.15, 0.2) is 73.1 Å². The van der Waals surface area contributed by atoms with Crippen molar-refractivity contribution in [3.05, 3.63) is 102 Å². The first-order valence-corrected chi connectivity index (χ1v) is 14.7. The van der Waals surface area contributed by atoms with Crippen molar-refractivity contribution in [3.63, 3.8) is 0 Å². The molecular weight excluding hydrogens is 562 g/mol. The summed E-state index contributed by atoms with van der Waals surface area (Å²) in [6, 6.07) is 18.1. The van der Waals surface area contributed by atoms with Crippen LogP contribution < -0.4 is 10.1 Å². The van der Waals surface area contributed by atoms with Gasteiger partial charge in [-0.2, -0.15) is 0 Å². The van der Waals surface area contributed by atoms with Crippen molar-refractivity contribution in [1.82, 2.24) is 20.3 Å². The van der Waals surface area contributed by atoms with Crippen LogP contribution in [0.1, 0.15) is 50.4 Å². The fourth-order valence-electron chi connectivity index (χ4n) is 5.76. The lowest BCUT2D eigenvalue weighted by atomic mass is 9.76. The van der Waals surface area contributed by atoms with Crippen LogP contribution in [0, 0.1) is 17.0 Å². The second kappa shape index (κ2) is 13.0. The van der Waals surface area contributed by atoms with Crippen LogP contribution in [0.5, 0.6) is 11.5 Å². The standard InChI is InChI=1S/C33H33F2N3O2.C2H5NO/c1-32(2)18-25-23-12-14-36-28(23)17-27(35)30(25)40-22-10-11-26(34)24(16-22)31-37-19-29(38-31)33(3,13-7-15-39-20-32)21-8-5-4-6-9-21;1-3-2-4/h4-6,8-12,14,16-17,19,36H,7,13,15,18,20H2,1-3H3,(H,37,38);2H,1H3,(H,3,4). The topological polar surface area (TPSA) is 92.0 Å². The van der Waals surface area contributed by atoms with E-state index in [9.17, 15) is 0 Å². The molecule has 6 rings (SSSR count). The Kier molecular flexibility index (Phi) is 9.15. The predicted octanol–water partition coefficient (Wildman–Crippen LogP) is 7.68. The van der Waals surface area contributed by atoms with Crippen molar-refractivity contribution >= 4 is 17.3 Å². The summed E-state index contributed by atoms with van der Waals surface area (Å²) in [5, 5.41) is 3.14. The number of fused-ring (bicyclic) bond motifs is 8. The van der Waals surface area contributed by atoms with Crippen molar-refractivity contribution in [2.75, 3.05) is 20.3 Å². The van der Waals surface area contributed by atoms with E-state index >= 15 is 8.78 Å². The van der Waals surface area contributed by atoms with Gasteiger partial charge >= 0.3 is 0 Å². The monoisotopic (exact) mass is 600 g/mol. The van der Waals surface area contributed by atoms with Gasteiger partial charge in [-0.25, -0.2) is 13.8 Å². The second-order valence-electron chi connectivity index (χ2n) is 12.1. The molecule has 5 aromatic rings. The van der Waals surface area contributed by atoms with Crippen molar-refractivity contribution in [3.8, 4) is 22.9 Å². The lowest BCUT2D eigenvalue weighted by molar-refractivity contribution is -0.109. The number of benzene rings is 3. The first-order chi connectivity index (χ1) is 21.1. The Balaban J connectivity index is 0.000000906. The van der Waals surface area contributed by atoms with E-state index in [4.69, 9.17) is 14.3 Å². The molecule has 1 aliphatic rings. The molecule has 44 heavy (non-hydrogen) atoms. The molecule has 0 radical (unpaired) electrons. The van der Waals surface area contributed by atoms with E-state index < -0.39 is 11.6 Å². The maximum atomic E-state index is 15.5. The zero-order valence-electron chi connectivity index (χ0n) is 25.5. The van der Waals surface area contributed by atoms with E-state index in [-0.39, 0.29) is 22.1 Å². The van der Waals surface area contributed by atoms with Crippen molar-refractivity contribution in [1.29, 1.82) is 0 Å². The number of amides is 1. The molecular formula is C35H38F2N4O3. The van der Waals surface area contributed by atoms with Gasteiger partial charge < -0.3 is 24.8 Å². The molecule has 3 heterocycles. The lowest BCUT2D eigenvalue weighted by Crippen LogP contribution is -2.26. The lowest BCUT2D eigenvalue weighted by Gasteiger charge is -2.30. The quantitative estimate of drug-likeness (QED) is 0.181. The number of ether oxygens (including phenoxy) is 2. The molecule has 1 aliphatic heterocycles. The van der Waals surface area contributed by atoms with Crippen LogP contribution in [0.25, 0.3) is 22.3 Å². The first kappa shape index (κ1) is 30.9. The third kappa shape index (κ3) is 6.53. The number of hydrogen-bond donors (Lipinski definition) is 3. The number of imidazole rings is 1. The highest BCUT2D eigenvalue weighted by molar-refractivity contribution is 5.85. The van der Waals surface area contributed by atoms with Crippen LogP contribution in [0.4, 0.5) is 8.78 Å². The Hall–Kier alpha value is -4.50. The zero-order chi connectivity index (χ0) is 31.3. The minimum absolute atomic E-state index is 0.138.